The lowest BCUT2D eigenvalue weighted by Gasteiger charge is -2.24. The average Bonchev–Trinajstić information content (AvgIpc) is 2.30. The molecule has 2 N–H and O–H groups in total. The van der Waals surface area contributed by atoms with Gasteiger partial charge in [0.2, 0.25) is 5.91 Å². The highest BCUT2D eigenvalue weighted by Gasteiger charge is 2.14. The third kappa shape index (κ3) is 4.55. The number of halogens is 1. The van der Waals surface area contributed by atoms with Crippen LogP contribution >= 0.6 is 12.4 Å². The Hall–Kier alpha value is -1.26. The van der Waals surface area contributed by atoms with Gasteiger partial charge in [-0.1, -0.05) is 6.07 Å². The number of benzene rings is 1. The molecule has 0 bridgehead atoms. The van der Waals surface area contributed by atoms with Crippen LogP contribution in [0, 0.1) is 0 Å². The molecule has 1 saturated heterocycles. The summed E-state index contributed by atoms with van der Waals surface area (Å²) in [6.07, 6.45) is 2.46. The lowest BCUT2D eigenvalue weighted by molar-refractivity contribution is -0.114. The SMILES string of the molecule is CC(=O)Nc1cccc(OC2CCCNC2)c1.Cl. The van der Waals surface area contributed by atoms with Crippen molar-refractivity contribution in [2.45, 2.75) is 25.9 Å². The fraction of sp³-hybridized carbons (Fsp3) is 0.462. The first-order chi connectivity index (χ1) is 8.24. The van der Waals surface area contributed by atoms with Crippen LogP contribution in [0.2, 0.25) is 0 Å². The Kier molecular flexibility index (Phi) is 5.95. The van der Waals surface area contributed by atoms with Crippen molar-refractivity contribution < 1.29 is 9.53 Å². The molecule has 1 amide bonds. The van der Waals surface area contributed by atoms with Gasteiger partial charge in [0.25, 0.3) is 0 Å². The number of nitrogens with one attached hydrogen (secondary N) is 2. The number of ether oxygens (including phenoxy) is 1. The van der Waals surface area contributed by atoms with Crippen molar-refractivity contribution in [1.29, 1.82) is 0 Å². The van der Waals surface area contributed by atoms with Crippen molar-refractivity contribution in [3.05, 3.63) is 24.3 Å². The number of anilines is 1. The number of carbonyl (C=O) groups is 1. The quantitative estimate of drug-likeness (QED) is 0.885. The highest BCUT2D eigenvalue weighted by Crippen LogP contribution is 2.20. The first-order valence-corrected chi connectivity index (χ1v) is 5.99. The summed E-state index contributed by atoms with van der Waals surface area (Å²) in [5, 5.41) is 6.06. The van der Waals surface area contributed by atoms with Gasteiger partial charge in [-0.3, -0.25) is 4.79 Å². The molecular weight excluding hydrogens is 252 g/mol. The van der Waals surface area contributed by atoms with Gasteiger partial charge < -0.3 is 15.4 Å². The van der Waals surface area contributed by atoms with Crippen LogP contribution in [0.15, 0.2) is 24.3 Å². The summed E-state index contributed by atoms with van der Waals surface area (Å²) in [7, 11) is 0. The molecule has 1 aliphatic heterocycles. The zero-order valence-electron chi connectivity index (χ0n) is 10.4. The maximum absolute atomic E-state index is 11.0. The molecule has 1 atom stereocenters. The smallest absolute Gasteiger partial charge is 0.221 e. The largest absolute Gasteiger partial charge is 0.489 e. The second-order valence-electron chi connectivity index (χ2n) is 4.30. The molecule has 5 heteroatoms. The standard InChI is InChI=1S/C13H18N2O2.ClH/c1-10(16)15-11-4-2-5-12(8-11)17-13-6-3-7-14-9-13;/h2,4-5,8,13-14H,3,6-7,9H2,1H3,(H,15,16);1H. The summed E-state index contributed by atoms with van der Waals surface area (Å²) in [4.78, 5) is 11.0. The minimum atomic E-state index is -0.0681. The van der Waals surface area contributed by atoms with E-state index in [1.54, 1.807) is 0 Å². The molecule has 1 aromatic rings. The van der Waals surface area contributed by atoms with Crippen molar-refractivity contribution in [3.63, 3.8) is 0 Å². The molecule has 1 unspecified atom stereocenters. The van der Waals surface area contributed by atoms with Gasteiger partial charge in [0.1, 0.15) is 11.9 Å². The van der Waals surface area contributed by atoms with Crippen LogP contribution in [0.25, 0.3) is 0 Å². The van der Waals surface area contributed by atoms with E-state index in [4.69, 9.17) is 4.74 Å². The highest BCUT2D eigenvalue weighted by molar-refractivity contribution is 5.88. The van der Waals surface area contributed by atoms with E-state index in [9.17, 15) is 4.79 Å². The second kappa shape index (κ2) is 7.24. The van der Waals surface area contributed by atoms with Gasteiger partial charge in [-0.25, -0.2) is 0 Å². The van der Waals surface area contributed by atoms with Gasteiger partial charge in [0.15, 0.2) is 0 Å². The molecule has 1 aromatic carbocycles. The van der Waals surface area contributed by atoms with Gasteiger partial charge >= 0.3 is 0 Å². The van der Waals surface area contributed by atoms with Crippen molar-refractivity contribution in [2.75, 3.05) is 18.4 Å². The van der Waals surface area contributed by atoms with Crippen molar-refractivity contribution in [1.82, 2.24) is 5.32 Å². The van der Waals surface area contributed by atoms with E-state index in [-0.39, 0.29) is 24.4 Å². The monoisotopic (exact) mass is 270 g/mol. The predicted octanol–water partition coefficient (Wildman–Crippen LogP) is 2.20. The van der Waals surface area contributed by atoms with E-state index >= 15 is 0 Å². The third-order valence-corrected chi connectivity index (χ3v) is 2.71. The number of rotatable bonds is 3. The topological polar surface area (TPSA) is 50.4 Å². The van der Waals surface area contributed by atoms with Crippen LogP contribution in [-0.2, 0) is 4.79 Å². The van der Waals surface area contributed by atoms with Crippen LogP contribution < -0.4 is 15.4 Å². The predicted molar refractivity (Wildman–Crippen MR) is 74.5 cm³/mol. The first-order valence-electron chi connectivity index (χ1n) is 5.99. The molecule has 0 aromatic heterocycles. The Labute approximate surface area is 114 Å². The molecule has 1 heterocycles. The Bertz CT molecular complexity index is 392. The number of hydrogen-bond acceptors (Lipinski definition) is 3. The van der Waals surface area contributed by atoms with Crippen LogP contribution in [0.1, 0.15) is 19.8 Å². The van der Waals surface area contributed by atoms with Crippen molar-refractivity contribution >= 4 is 24.0 Å². The van der Waals surface area contributed by atoms with Gasteiger partial charge in [-0.05, 0) is 31.5 Å². The van der Waals surface area contributed by atoms with Crippen LogP contribution in [0.4, 0.5) is 5.69 Å². The molecule has 4 nitrogen and oxygen atoms in total. The van der Waals surface area contributed by atoms with Crippen LogP contribution in [0.5, 0.6) is 5.75 Å². The van der Waals surface area contributed by atoms with E-state index in [0.29, 0.717) is 0 Å². The summed E-state index contributed by atoms with van der Waals surface area (Å²) < 4.78 is 5.86. The Balaban J connectivity index is 0.00000162. The summed E-state index contributed by atoms with van der Waals surface area (Å²) in [5.74, 6) is 0.742. The van der Waals surface area contributed by atoms with Gasteiger partial charge in [0, 0.05) is 25.2 Å². The Morgan fingerprint density at radius 3 is 3.00 bits per heavy atom. The summed E-state index contributed by atoms with van der Waals surface area (Å²) >= 11 is 0. The molecule has 1 aliphatic rings. The molecule has 100 valence electrons. The molecule has 0 aliphatic carbocycles. The average molecular weight is 271 g/mol. The van der Waals surface area contributed by atoms with Crippen LogP contribution in [0.3, 0.4) is 0 Å². The fourth-order valence-electron chi connectivity index (χ4n) is 1.96. The van der Waals surface area contributed by atoms with E-state index in [1.165, 1.54) is 6.92 Å². The third-order valence-electron chi connectivity index (χ3n) is 2.71. The molecule has 18 heavy (non-hydrogen) atoms. The molecular formula is C13H19ClN2O2. The zero-order valence-corrected chi connectivity index (χ0v) is 11.3. The lowest BCUT2D eigenvalue weighted by atomic mass is 10.1. The van der Waals surface area contributed by atoms with Gasteiger partial charge in [-0.2, -0.15) is 0 Å². The fourth-order valence-corrected chi connectivity index (χ4v) is 1.96. The summed E-state index contributed by atoms with van der Waals surface area (Å²) in [6, 6.07) is 7.51. The van der Waals surface area contributed by atoms with E-state index in [0.717, 1.165) is 37.4 Å². The molecule has 2 rings (SSSR count). The second-order valence-corrected chi connectivity index (χ2v) is 4.30. The Morgan fingerprint density at radius 2 is 2.33 bits per heavy atom. The van der Waals surface area contributed by atoms with E-state index in [2.05, 4.69) is 10.6 Å². The van der Waals surface area contributed by atoms with E-state index in [1.807, 2.05) is 24.3 Å². The number of hydrogen-bond donors (Lipinski definition) is 2. The maximum Gasteiger partial charge on any atom is 0.221 e. The summed E-state index contributed by atoms with van der Waals surface area (Å²) in [5.41, 5.74) is 0.777. The minimum Gasteiger partial charge on any atom is -0.489 e. The Morgan fingerprint density at radius 1 is 1.50 bits per heavy atom. The summed E-state index contributed by atoms with van der Waals surface area (Å²) in [6.45, 7) is 3.47. The van der Waals surface area contributed by atoms with Gasteiger partial charge in [0.05, 0.1) is 0 Å². The van der Waals surface area contributed by atoms with E-state index < -0.39 is 0 Å². The zero-order chi connectivity index (χ0) is 12.1. The lowest BCUT2D eigenvalue weighted by Crippen LogP contribution is -2.37. The van der Waals surface area contributed by atoms with Crippen molar-refractivity contribution in [3.8, 4) is 5.75 Å². The van der Waals surface area contributed by atoms with Crippen molar-refractivity contribution in [2.24, 2.45) is 0 Å². The highest BCUT2D eigenvalue weighted by atomic mass is 35.5. The molecule has 1 fully saturated rings. The van der Waals surface area contributed by atoms with Gasteiger partial charge in [-0.15, -0.1) is 12.4 Å². The number of piperidine rings is 1. The van der Waals surface area contributed by atoms with Crippen LogP contribution in [-0.4, -0.2) is 25.1 Å². The maximum atomic E-state index is 11.0. The number of amides is 1. The molecule has 0 radical (unpaired) electrons. The normalized spacial score (nSPS) is 18.6. The first kappa shape index (κ1) is 14.8. The minimum absolute atomic E-state index is 0. The molecule has 0 saturated carbocycles. The molecule has 0 spiro atoms. The number of carbonyl (C=O) groups excluding carboxylic acids is 1.